The molecule has 0 aromatic carbocycles. The summed E-state index contributed by atoms with van der Waals surface area (Å²) in [4.78, 5) is 16.6. The maximum atomic E-state index is 10.5. The lowest BCUT2D eigenvalue weighted by Crippen LogP contribution is -2.29. The number of carbonyl (C=O) groups is 1. The Morgan fingerprint density at radius 3 is 2.64 bits per heavy atom. The number of nitrogens with zero attached hydrogens (tertiary/aromatic N) is 2. The fourth-order valence-corrected chi connectivity index (χ4v) is 1.48. The monoisotopic (exact) mass is 192 g/mol. The van der Waals surface area contributed by atoms with Crippen LogP contribution in [0.4, 0.5) is 0 Å². The summed E-state index contributed by atoms with van der Waals surface area (Å²) >= 11 is 0. The van der Waals surface area contributed by atoms with Crippen LogP contribution in [0.1, 0.15) is 12.8 Å². The second-order valence-electron chi connectivity index (χ2n) is 3.33. The Hall–Kier alpha value is -1.38. The molecule has 1 aliphatic heterocycles. The molecular weight excluding hydrogens is 176 g/mol. The number of piperidine rings is 1. The summed E-state index contributed by atoms with van der Waals surface area (Å²) in [6.45, 7) is 5.40. The van der Waals surface area contributed by atoms with Crippen molar-refractivity contribution in [2.45, 2.75) is 12.8 Å². The Labute approximate surface area is 84.8 Å². The van der Waals surface area contributed by atoms with Crippen LogP contribution >= 0.6 is 0 Å². The minimum atomic E-state index is 0.265. The lowest BCUT2D eigenvalue weighted by molar-refractivity contribution is -0.112. The van der Waals surface area contributed by atoms with Crippen molar-refractivity contribution in [3.63, 3.8) is 0 Å². The molecule has 0 aromatic heterocycles. The van der Waals surface area contributed by atoms with Gasteiger partial charge in [-0.3, -0.25) is 4.99 Å². The molecule has 1 fully saturated rings. The van der Waals surface area contributed by atoms with Gasteiger partial charge in [0.15, 0.2) is 0 Å². The number of likely N-dealkylation sites (tertiary alicyclic amines) is 1. The molecule has 0 aliphatic carbocycles. The van der Waals surface area contributed by atoms with E-state index in [0.717, 1.165) is 32.2 Å². The van der Waals surface area contributed by atoms with Crippen LogP contribution in [0.15, 0.2) is 30.0 Å². The molecule has 0 saturated carbocycles. The number of hydrogen-bond acceptors (Lipinski definition) is 3. The van der Waals surface area contributed by atoms with Crippen LogP contribution in [-0.4, -0.2) is 30.5 Å². The second-order valence-corrected chi connectivity index (χ2v) is 3.33. The van der Waals surface area contributed by atoms with Crippen molar-refractivity contribution in [3.8, 4) is 0 Å². The van der Waals surface area contributed by atoms with Gasteiger partial charge in [0, 0.05) is 37.6 Å². The van der Waals surface area contributed by atoms with Gasteiger partial charge < -0.3 is 9.69 Å². The highest BCUT2D eigenvalue weighted by Crippen LogP contribution is 2.14. The zero-order valence-corrected chi connectivity index (χ0v) is 8.30. The number of aldehydes is 1. The van der Waals surface area contributed by atoms with Gasteiger partial charge in [0.25, 0.3) is 0 Å². The van der Waals surface area contributed by atoms with Crippen molar-refractivity contribution in [2.75, 3.05) is 13.1 Å². The van der Waals surface area contributed by atoms with E-state index in [1.807, 2.05) is 12.3 Å². The largest absolute Gasteiger partial charge is 0.377 e. The Morgan fingerprint density at radius 2 is 2.07 bits per heavy atom. The third-order valence-corrected chi connectivity index (χ3v) is 2.34. The molecule has 1 aliphatic rings. The van der Waals surface area contributed by atoms with Crippen molar-refractivity contribution in [3.05, 3.63) is 25.1 Å². The minimum Gasteiger partial charge on any atom is -0.377 e. The molecule has 0 radical (unpaired) electrons. The molecule has 14 heavy (non-hydrogen) atoms. The predicted octanol–water partition coefficient (Wildman–Crippen LogP) is 1.63. The smallest absolute Gasteiger partial charge is 0.123 e. The molecule has 1 saturated heterocycles. The van der Waals surface area contributed by atoms with Gasteiger partial charge in [-0.25, -0.2) is 0 Å². The van der Waals surface area contributed by atoms with Crippen LogP contribution in [-0.2, 0) is 4.79 Å². The van der Waals surface area contributed by atoms with Crippen LogP contribution < -0.4 is 0 Å². The molecular formula is C11H16N2O. The van der Waals surface area contributed by atoms with Crippen LogP contribution in [0.25, 0.3) is 0 Å². The molecule has 0 bridgehead atoms. The molecule has 0 spiro atoms. The summed E-state index contributed by atoms with van der Waals surface area (Å²) in [5, 5.41) is 0. The van der Waals surface area contributed by atoms with E-state index in [-0.39, 0.29) is 5.92 Å². The van der Waals surface area contributed by atoms with Crippen LogP contribution in [0.3, 0.4) is 0 Å². The first-order valence-electron chi connectivity index (χ1n) is 4.87. The van der Waals surface area contributed by atoms with Crippen LogP contribution in [0, 0.1) is 5.92 Å². The quantitative estimate of drug-likeness (QED) is 0.501. The zero-order chi connectivity index (χ0) is 10.2. The van der Waals surface area contributed by atoms with E-state index < -0.39 is 0 Å². The van der Waals surface area contributed by atoms with E-state index in [1.165, 1.54) is 6.20 Å². The zero-order valence-electron chi connectivity index (χ0n) is 8.30. The molecule has 1 heterocycles. The Balaban J connectivity index is 2.28. The van der Waals surface area contributed by atoms with Gasteiger partial charge in [0.2, 0.25) is 0 Å². The highest BCUT2D eigenvalue weighted by Gasteiger charge is 2.15. The van der Waals surface area contributed by atoms with E-state index >= 15 is 0 Å². The molecule has 0 amide bonds. The molecule has 0 atom stereocenters. The molecule has 1 rings (SSSR count). The first kappa shape index (κ1) is 10.7. The van der Waals surface area contributed by atoms with Gasteiger partial charge in [0.1, 0.15) is 6.29 Å². The fourth-order valence-electron chi connectivity index (χ4n) is 1.48. The Morgan fingerprint density at radius 1 is 1.36 bits per heavy atom. The van der Waals surface area contributed by atoms with Gasteiger partial charge in [-0.1, -0.05) is 6.58 Å². The van der Waals surface area contributed by atoms with E-state index in [1.54, 1.807) is 6.21 Å². The van der Waals surface area contributed by atoms with Crippen molar-refractivity contribution < 1.29 is 4.79 Å². The lowest BCUT2D eigenvalue weighted by Gasteiger charge is -2.28. The minimum absolute atomic E-state index is 0.265. The SMILES string of the molecule is C=CN=C/C=C/N1CCC(C=O)CC1. The summed E-state index contributed by atoms with van der Waals surface area (Å²) in [6.07, 6.45) is 10.1. The first-order chi connectivity index (χ1) is 6.86. The van der Waals surface area contributed by atoms with Crippen molar-refractivity contribution >= 4 is 12.5 Å². The molecule has 76 valence electrons. The number of aliphatic imine (C=N–C) groups is 1. The second kappa shape index (κ2) is 6.13. The summed E-state index contributed by atoms with van der Waals surface area (Å²) < 4.78 is 0. The average Bonchev–Trinajstić information content (AvgIpc) is 2.25. The summed E-state index contributed by atoms with van der Waals surface area (Å²) in [5.41, 5.74) is 0. The van der Waals surface area contributed by atoms with Crippen molar-refractivity contribution in [1.82, 2.24) is 4.90 Å². The maximum absolute atomic E-state index is 10.5. The van der Waals surface area contributed by atoms with Crippen molar-refractivity contribution in [1.29, 1.82) is 0 Å². The average molecular weight is 192 g/mol. The molecule has 3 nitrogen and oxygen atoms in total. The molecule has 3 heteroatoms. The van der Waals surface area contributed by atoms with Crippen LogP contribution in [0.2, 0.25) is 0 Å². The molecule has 0 N–H and O–H groups in total. The molecule has 0 aromatic rings. The summed E-state index contributed by atoms with van der Waals surface area (Å²) in [6, 6.07) is 0. The van der Waals surface area contributed by atoms with E-state index in [2.05, 4.69) is 16.5 Å². The normalized spacial score (nSPS) is 19.3. The van der Waals surface area contributed by atoms with E-state index in [0.29, 0.717) is 0 Å². The Bertz CT molecular complexity index is 238. The molecule has 0 unspecified atom stereocenters. The fraction of sp³-hybridized carbons (Fsp3) is 0.455. The number of hydrogen-bond donors (Lipinski definition) is 0. The van der Waals surface area contributed by atoms with E-state index in [4.69, 9.17) is 0 Å². The topological polar surface area (TPSA) is 32.7 Å². The van der Waals surface area contributed by atoms with Crippen molar-refractivity contribution in [2.24, 2.45) is 10.9 Å². The first-order valence-corrected chi connectivity index (χ1v) is 4.87. The third kappa shape index (κ3) is 3.56. The van der Waals surface area contributed by atoms with Gasteiger partial charge >= 0.3 is 0 Å². The Kier molecular flexibility index (Phi) is 4.69. The van der Waals surface area contributed by atoms with Gasteiger partial charge in [-0.05, 0) is 18.9 Å². The van der Waals surface area contributed by atoms with Gasteiger partial charge in [0.05, 0.1) is 0 Å². The highest BCUT2D eigenvalue weighted by molar-refractivity contribution is 5.71. The standard InChI is InChI=1S/C11H16N2O/c1-2-12-6-3-7-13-8-4-11(10-14)5-9-13/h2-3,6-7,10-11H,1,4-5,8-9H2/b7-3+,12-6?. The summed E-state index contributed by atoms with van der Waals surface area (Å²) in [7, 11) is 0. The number of carbonyl (C=O) groups excluding carboxylic acids is 1. The summed E-state index contributed by atoms with van der Waals surface area (Å²) in [5.74, 6) is 0.265. The number of rotatable bonds is 4. The van der Waals surface area contributed by atoms with Gasteiger partial charge in [-0.2, -0.15) is 0 Å². The lowest BCUT2D eigenvalue weighted by atomic mass is 9.99. The maximum Gasteiger partial charge on any atom is 0.123 e. The predicted molar refractivity (Wildman–Crippen MR) is 58.2 cm³/mol. The van der Waals surface area contributed by atoms with Crippen LogP contribution in [0.5, 0.6) is 0 Å². The van der Waals surface area contributed by atoms with Gasteiger partial charge in [-0.15, -0.1) is 0 Å². The van der Waals surface area contributed by atoms with E-state index in [9.17, 15) is 4.79 Å². The third-order valence-electron chi connectivity index (χ3n) is 2.34. The number of allylic oxidation sites excluding steroid dienone is 1. The highest BCUT2D eigenvalue weighted by atomic mass is 16.1.